The molecule has 1 aromatic heterocycles. The molecule has 1 heterocycles. The summed E-state index contributed by atoms with van der Waals surface area (Å²) in [4.78, 5) is 9.29. The van der Waals surface area contributed by atoms with Crippen LogP contribution in [-0.4, -0.2) is 16.6 Å². The molecule has 0 amide bonds. The number of nitrogens with zero attached hydrogens (tertiary/aromatic N) is 2. The molecule has 3 heteroatoms. The molecule has 1 fully saturated rings. The Balaban J connectivity index is 1.30. The first-order valence-corrected chi connectivity index (χ1v) is 17.3. The Morgan fingerprint density at radius 3 is 1.75 bits per heavy atom. The number of aromatic nitrogens is 2. The molecule has 2 aromatic rings. The van der Waals surface area contributed by atoms with Crippen LogP contribution in [0.15, 0.2) is 36.7 Å². The summed E-state index contributed by atoms with van der Waals surface area (Å²) in [6, 6.07) is 8.35. The quantitative estimate of drug-likeness (QED) is 0.137. The zero-order chi connectivity index (χ0) is 28.1. The second kappa shape index (κ2) is 20.9. The topological polar surface area (TPSA) is 35.0 Å². The van der Waals surface area contributed by atoms with E-state index in [2.05, 4.69) is 48.1 Å². The number of benzene rings is 1. The lowest BCUT2D eigenvalue weighted by atomic mass is 9.74. The molecule has 224 valence electrons. The average Bonchev–Trinajstić information content (AvgIpc) is 3.00. The normalized spacial score (nSPS) is 17.2. The second-order valence-corrected chi connectivity index (χ2v) is 12.5. The summed E-state index contributed by atoms with van der Waals surface area (Å²) in [6.45, 7) is 5.40. The number of unbranched alkanes of at least 4 members (excludes halogenated alkanes) is 12. The molecule has 2 unspecified atom stereocenters. The highest BCUT2D eigenvalue weighted by Gasteiger charge is 2.24. The lowest BCUT2D eigenvalue weighted by molar-refractivity contribution is 0.190. The number of rotatable bonds is 22. The standard InChI is InChI=1S/C37H60N2O/c1-3-5-7-9-11-13-15-20-32-30-38-37(39-31-32)35-25-27-36(28-26-35)40-29-19-24-34-23-18-17-22-33(34)21-16-14-12-10-8-6-4-2/h25-28,30-31,33-34H,3-24,29H2,1-2H3. The molecule has 1 aliphatic carbocycles. The fourth-order valence-corrected chi connectivity index (χ4v) is 6.56. The molecule has 3 rings (SSSR count). The predicted molar refractivity (Wildman–Crippen MR) is 172 cm³/mol. The first-order valence-electron chi connectivity index (χ1n) is 17.3. The number of hydrogen-bond acceptors (Lipinski definition) is 3. The van der Waals surface area contributed by atoms with Gasteiger partial charge in [-0.2, -0.15) is 0 Å². The first-order chi connectivity index (χ1) is 19.8. The van der Waals surface area contributed by atoms with Crippen molar-refractivity contribution in [1.29, 1.82) is 0 Å². The van der Waals surface area contributed by atoms with Gasteiger partial charge in [0.25, 0.3) is 0 Å². The molecule has 0 N–H and O–H groups in total. The van der Waals surface area contributed by atoms with Crippen LogP contribution in [0.1, 0.15) is 154 Å². The van der Waals surface area contributed by atoms with Crippen LogP contribution in [0.4, 0.5) is 0 Å². The molecular formula is C37H60N2O. The van der Waals surface area contributed by atoms with Crippen molar-refractivity contribution < 1.29 is 4.74 Å². The van der Waals surface area contributed by atoms with Crippen molar-refractivity contribution in [2.45, 2.75) is 155 Å². The largest absolute Gasteiger partial charge is 0.494 e. The van der Waals surface area contributed by atoms with Crippen molar-refractivity contribution in [1.82, 2.24) is 9.97 Å². The third kappa shape index (κ3) is 13.2. The molecule has 0 bridgehead atoms. The molecule has 0 saturated heterocycles. The highest BCUT2D eigenvalue weighted by atomic mass is 16.5. The Morgan fingerprint density at radius 2 is 1.15 bits per heavy atom. The Hall–Kier alpha value is -1.90. The van der Waals surface area contributed by atoms with Crippen LogP contribution in [0.3, 0.4) is 0 Å². The van der Waals surface area contributed by atoms with Crippen molar-refractivity contribution in [3.05, 3.63) is 42.2 Å². The van der Waals surface area contributed by atoms with E-state index in [9.17, 15) is 0 Å². The Morgan fingerprint density at radius 1 is 0.625 bits per heavy atom. The Labute approximate surface area is 247 Å². The van der Waals surface area contributed by atoms with E-state index in [1.54, 1.807) is 0 Å². The third-order valence-electron chi connectivity index (χ3n) is 9.12. The van der Waals surface area contributed by atoms with Gasteiger partial charge in [-0.25, -0.2) is 9.97 Å². The molecular weight excluding hydrogens is 488 g/mol. The minimum Gasteiger partial charge on any atom is -0.494 e. The van der Waals surface area contributed by atoms with Gasteiger partial charge in [0.15, 0.2) is 5.82 Å². The van der Waals surface area contributed by atoms with Crippen molar-refractivity contribution >= 4 is 0 Å². The van der Waals surface area contributed by atoms with Crippen molar-refractivity contribution in [2.24, 2.45) is 11.8 Å². The van der Waals surface area contributed by atoms with Gasteiger partial charge in [-0.05, 0) is 67.3 Å². The van der Waals surface area contributed by atoms with Gasteiger partial charge in [0.1, 0.15) is 5.75 Å². The van der Waals surface area contributed by atoms with Gasteiger partial charge >= 0.3 is 0 Å². The van der Waals surface area contributed by atoms with Crippen molar-refractivity contribution in [3.8, 4) is 17.1 Å². The molecule has 1 aliphatic rings. The van der Waals surface area contributed by atoms with E-state index in [0.29, 0.717) is 0 Å². The Bertz CT molecular complexity index is 863. The molecule has 0 spiro atoms. The molecule has 40 heavy (non-hydrogen) atoms. The van der Waals surface area contributed by atoms with Gasteiger partial charge in [0.05, 0.1) is 6.61 Å². The van der Waals surface area contributed by atoms with Gasteiger partial charge < -0.3 is 4.74 Å². The van der Waals surface area contributed by atoms with E-state index in [4.69, 9.17) is 4.74 Å². The monoisotopic (exact) mass is 548 g/mol. The maximum atomic E-state index is 6.13. The minimum absolute atomic E-state index is 0.805. The van der Waals surface area contributed by atoms with E-state index in [-0.39, 0.29) is 0 Å². The summed E-state index contributed by atoms with van der Waals surface area (Å²) in [5.74, 6) is 3.65. The predicted octanol–water partition coefficient (Wildman–Crippen LogP) is 11.5. The van der Waals surface area contributed by atoms with E-state index < -0.39 is 0 Å². The van der Waals surface area contributed by atoms with Crippen LogP contribution in [0.2, 0.25) is 0 Å². The van der Waals surface area contributed by atoms with Gasteiger partial charge in [-0.15, -0.1) is 0 Å². The van der Waals surface area contributed by atoms with Crippen LogP contribution in [0, 0.1) is 11.8 Å². The minimum atomic E-state index is 0.805. The summed E-state index contributed by atoms with van der Waals surface area (Å²) in [5.41, 5.74) is 2.31. The molecule has 0 aliphatic heterocycles. The summed E-state index contributed by atoms with van der Waals surface area (Å²) < 4.78 is 6.13. The van der Waals surface area contributed by atoms with E-state index in [1.165, 1.54) is 140 Å². The SMILES string of the molecule is CCCCCCCCCc1cnc(-c2ccc(OCCCC3CCCCC3CCCCCCCCC)cc2)nc1. The Kier molecular flexibility index (Phi) is 17.0. The van der Waals surface area contributed by atoms with E-state index in [1.807, 2.05) is 12.4 Å². The van der Waals surface area contributed by atoms with Crippen LogP contribution in [0.5, 0.6) is 5.75 Å². The van der Waals surface area contributed by atoms with Crippen LogP contribution >= 0.6 is 0 Å². The maximum Gasteiger partial charge on any atom is 0.159 e. The summed E-state index contributed by atoms with van der Waals surface area (Å²) in [7, 11) is 0. The molecule has 1 aromatic carbocycles. The lowest BCUT2D eigenvalue weighted by Crippen LogP contribution is -2.20. The third-order valence-corrected chi connectivity index (χ3v) is 9.12. The molecule has 2 atom stereocenters. The van der Waals surface area contributed by atoms with Crippen molar-refractivity contribution in [2.75, 3.05) is 6.61 Å². The second-order valence-electron chi connectivity index (χ2n) is 12.5. The molecule has 3 nitrogen and oxygen atoms in total. The van der Waals surface area contributed by atoms with E-state index >= 15 is 0 Å². The summed E-state index contributed by atoms with van der Waals surface area (Å²) in [6.07, 6.45) is 34.2. The van der Waals surface area contributed by atoms with Crippen LogP contribution < -0.4 is 4.74 Å². The van der Waals surface area contributed by atoms with Gasteiger partial charge in [0.2, 0.25) is 0 Å². The lowest BCUT2D eigenvalue weighted by Gasteiger charge is -2.32. The fraction of sp³-hybridized carbons (Fsp3) is 0.730. The highest BCUT2D eigenvalue weighted by Crippen LogP contribution is 2.36. The molecule has 1 saturated carbocycles. The molecule has 0 radical (unpaired) electrons. The van der Waals surface area contributed by atoms with Crippen molar-refractivity contribution in [3.63, 3.8) is 0 Å². The van der Waals surface area contributed by atoms with Crippen LogP contribution in [-0.2, 0) is 6.42 Å². The highest BCUT2D eigenvalue weighted by molar-refractivity contribution is 5.55. The van der Waals surface area contributed by atoms with Gasteiger partial charge in [0, 0.05) is 18.0 Å². The first kappa shape index (κ1) is 32.6. The zero-order valence-corrected chi connectivity index (χ0v) is 26.2. The zero-order valence-electron chi connectivity index (χ0n) is 26.2. The fourth-order valence-electron chi connectivity index (χ4n) is 6.56. The van der Waals surface area contributed by atoms with Crippen LogP contribution in [0.25, 0.3) is 11.4 Å². The average molecular weight is 549 g/mol. The number of hydrogen-bond donors (Lipinski definition) is 0. The maximum absolute atomic E-state index is 6.13. The van der Waals surface area contributed by atoms with E-state index in [0.717, 1.165) is 42.0 Å². The van der Waals surface area contributed by atoms with Gasteiger partial charge in [-0.3, -0.25) is 0 Å². The number of ether oxygens (including phenoxy) is 1. The van der Waals surface area contributed by atoms with Gasteiger partial charge in [-0.1, -0.05) is 129 Å². The smallest absolute Gasteiger partial charge is 0.159 e. The number of aryl methyl sites for hydroxylation is 1. The summed E-state index contributed by atoms with van der Waals surface area (Å²) in [5, 5.41) is 0. The summed E-state index contributed by atoms with van der Waals surface area (Å²) >= 11 is 0.